The van der Waals surface area contributed by atoms with Gasteiger partial charge in [0.2, 0.25) is 0 Å². The van der Waals surface area contributed by atoms with E-state index in [1.807, 2.05) is 6.07 Å². The Morgan fingerprint density at radius 2 is 1.37 bits per heavy atom. The highest BCUT2D eigenvalue weighted by Gasteiger charge is 2.18. The van der Waals surface area contributed by atoms with E-state index in [2.05, 4.69) is 0 Å². The lowest BCUT2D eigenvalue weighted by atomic mass is 10.0. The van der Waals surface area contributed by atoms with E-state index in [0.717, 1.165) is 0 Å². The number of hydrogen-bond acceptors (Lipinski definition) is 2. The molecule has 0 saturated heterocycles. The highest BCUT2D eigenvalue weighted by molar-refractivity contribution is 6.26. The van der Waals surface area contributed by atoms with Crippen molar-refractivity contribution in [2.24, 2.45) is 0 Å². The Labute approximate surface area is 110 Å². The summed E-state index contributed by atoms with van der Waals surface area (Å²) in [6.45, 7) is 0. The molecule has 0 bridgehead atoms. The molecule has 0 fully saturated rings. The van der Waals surface area contributed by atoms with Crippen molar-refractivity contribution in [3.05, 3.63) is 77.4 Å². The van der Waals surface area contributed by atoms with E-state index in [-0.39, 0.29) is 5.57 Å². The first-order chi connectivity index (χ1) is 9.18. The van der Waals surface area contributed by atoms with E-state index < -0.39 is 11.8 Å². The summed E-state index contributed by atoms with van der Waals surface area (Å²) < 4.78 is 0. The zero-order valence-corrected chi connectivity index (χ0v) is 10.1. The number of Topliss-reactive ketones (excluding diaryl/α,β-unsaturated/α-hetero) is 1. The number of hydrogen-bond donors (Lipinski definition) is 1. The molecule has 2 rings (SSSR count). The summed E-state index contributed by atoms with van der Waals surface area (Å²) in [5.41, 5.74) is 0.814. The Morgan fingerprint density at radius 1 is 0.842 bits per heavy atom. The molecule has 19 heavy (non-hydrogen) atoms. The third-order valence-corrected chi connectivity index (χ3v) is 2.62. The van der Waals surface area contributed by atoms with Crippen LogP contribution in [0, 0.1) is 0 Å². The minimum Gasteiger partial charge on any atom is -0.478 e. The van der Waals surface area contributed by atoms with E-state index in [1.165, 1.54) is 6.08 Å². The van der Waals surface area contributed by atoms with Crippen molar-refractivity contribution in [3.63, 3.8) is 0 Å². The monoisotopic (exact) mass is 252 g/mol. The Kier molecular flexibility index (Phi) is 3.88. The SMILES string of the molecule is O=C(O)C(=Cc1ccccc1)C(=O)c1ccccc1. The molecule has 0 unspecified atom stereocenters. The van der Waals surface area contributed by atoms with Crippen LogP contribution in [0.1, 0.15) is 15.9 Å². The fourth-order valence-electron chi connectivity index (χ4n) is 1.69. The van der Waals surface area contributed by atoms with Crippen LogP contribution in [0.3, 0.4) is 0 Å². The predicted octanol–water partition coefficient (Wildman–Crippen LogP) is 3.04. The smallest absolute Gasteiger partial charge is 0.339 e. The van der Waals surface area contributed by atoms with Crippen LogP contribution < -0.4 is 0 Å². The number of benzene rings is 2. The van der Waals surface area contributed by atoms with Gasteiger partial charge in [0.25, 0.3) is 0 Å². The summed E-state index contributed by atoms with van der Waals surface area (Å²) in [6, 6.07) is 17.3. The molecule has 3 nitrogen and oxygen atoms in total. The van der Waals surface area contributed by atoms with Crippen LogP contribution in [0.15, 0.2) is 66.2 Å². The zero-order valence-electron chi connectivity index (χ0n) is 10.1. The number of carboxylic acid groups (broad SMARTS) is 1. The quantitative estimate of drug-likeness (QED) is 0.394. The normalized spacial score (nSPS) is 11.1. The molecule has 0 aliphatic carbocycles. The Hall–Kier alpha value is -2.68. The average Bonchev–Trinajstić information content (AvgIpc) is 2.46. The summed E-state index contributed by atoms with van der Waals surface area (Å²) in [5.74, 6) is -1.71. The lowest BCUT2D eigenvalue weighted by Crippen LogP contribution is -2.12. The molecule has 0 atom stereocenters. The molecule has 1 N–H and O–H groups in total. The van der Waals surface area contributed by atoms with Crippen LogP contribution in [0.25, 0.3) is 6.08 Å². The molecule has 3 heteroatoms. The maximum absolute atomic E-state index is 12.1. The highest BCUT2D eigenvalue weighted by Crippen LogP contribution is 2.13. The Morgan fingerprint density at radius 3 is 1.89 bits per heavy atom. The third kappa shape index (κ3) is 3.16. The first-order valence-corrected chi connectivity index (χ1v) is 5.78. The van der Waals surface area contributed by atoms with Gasteiger partial charge in [-0.3, -0.25) is 4.79 Å². The highest BCUT2D eigenvalue weighted by atomic mass is 16.4. The molecule has 2 aromatic rings. The van der Waals surface area contributed by atoms with Crippen molar-refractivity contribution >= 4 is 17.8 Å². The summed E-state index contributed by atoms with van der Waals surface area (Å²) in [6.07, 6.45) is 1.39. The van der Waals surface area contributed by atoms with Gasteiger partial charge in [0.15, 0.2) is 5.78 Å². The second-order valence-corrected chi connectivity index (χ2v) is 3.97. The topological polar surface area (TPSA) is 54.4 Å². The van der Waals surface area contributed by atoms with Crippen LogP contribution in [0.2, 0.25) is 0 Å². The van der Waals surface area contributed by atoms with Gasteiger partial charge in [-0.05, 0) is 11.6 Å². The van der Waals surface area contributed by atoms with Crippen LogP contribution in [0.5, 0.6) is 0 Å². The lowest BCUT2D eigenvalue weighted by Gasteiger charge is -2.02. The molecule has 0 aromatic heterocycles. The van der Waals surface area contributed by atoms with E-state index >= 15 is 0 Å². The zero-order chi connectivity index (χ0) is 13.7. The molecule has 0 radical (unpaired) electrons. The van der Waals surface area contributed by atoms with Crippen LogP contribution in [-0.4, -0.2) is 16.9 Å². The van der Waals surface area contributed by atoms with Crippen molar-refractivity contribution in [2.75, 3.05) is 0 Å². The fraction of sp³-hybridized carbons (Fsp3) is 0. The molecular formula is C16H12O3. The van der Waals surface area contributed by atoms with Crippen LogP contribution in [-0.2, 0) is 4.79 Å². The third-order valence-electron chi connectivity index (χ3n) is 2.62. The second-order valence-electron chi connectivity index (χ2n) is 3.97. The van der Waals surface area contributed by atoms with Crippen molar-refractivity contribution < 1.29 is 14.7 Å². The maximum atomic E-state index is 12.1. The van der Waals surface area contributed by atoms with Crippen molar-refractivity contribution in [1.82, 2.24) is 0 Å². The summed E-state index contributed by atoms with van der Waals surface area (Å²) >= 11 is 0. The van der Waals surface area contributed by atoms with Crippen molar-refractivity contribution in [3.8, 4) is 0 Å². The van der Waals surface area contributed by atoms with Crippen LogP contribution in [0.4, 0.5) is 0 Å². The van der Waals surface area contributed by atoms with E-state index in [0.29, 0.717) is 11.1 Å². The number of carbonyl (C=O) groups is 2. The largest absolute Gasteiger partial charge is 0.478 e. The summed E-state index contributed by atoms with van der Waals surface area (Å²) in [7, 11) is 0. The van der Waals surface area contributed by atoms with E-state index in [1.54, 1.807) is 54.6 Å². The number of carbonyl (C=O) groups excluding carboxylic acids is 1. The first-order valence-electron chi connectivity index (χ1n) is 5.78. The molecule has 0 saturated carbocycles. The maximum Gasteiger partial charge on any atom is 0.339 e. The summed E-state index contributed by atoms with van der Waals surface area (Å²) in [4.78, 5) is 23.4. The number of aliphatic carboxylic acids is 1. The number of ketones is 1. The minimum absolute atomic E-state index is 0.239. The van der Waals surface area contributed by atoms with E-state index in [4.69, 9.17) is 0 Å². The van der Waals surface area contributed by atoms with Crippen molar-refractivity contribution in [2.45, 2.75) is 0 Å². The van der Waals surface area contributed by atoms with Gasteiger partial charge in [-0.1, -0.05) is 60.7 Å². The molecule has 0 heterocycles. The van der Waals surface area contributed by atoms with Crippen molar-refractivity contribution in [1.29, 1.82) is 0 Å². The molecular weight excluding hydrogens is 240 g/mol. The van der Waals surface area contributed by atoms with Gasteiger partial charge in [-0.25, -0.2) is 4.79 Å². The van der Waals surface area contributed by atoms with Gasteiger partial charge >= 0.3 is 5.97 Å². The van der Waals surface area contributed by atoms with Gasteiger partial charge in [0.1, 0.15) is 5.57 Å². The molecule has 0 aliphatic heterocycles. The second kappa shape index (κ2) is 5.78. The lowest BCUT2D eigenvalue weighted by molar-refractivity contribution is -0.132. The Balaban J connectivity index is 2.40. The van der Waals surface area contributed by atoms with Gasteiger partial charge in [0.05, 0.1) is 0 Å². The van der Waals surface area contributed by atoms with E-state index in [9.17, 15) is 14.7 Å². The summed E-state index contributed by atoms with van der Waals surface area (Å²) in [5, 5.41) is 9.18. The first kappa shape index (κ1) is 12.8. The Bertz CT molecular complexity index is 613. The standard InChI is InChI=1S/C16H12O3/c17-15(13-9-5-2-6-10-13)14(16(18)19)11-12-7-3-1-4-8-12/h1-11H,(H,18,19). The van der Waals surface area contributed by atoms with Gasteiger partial charge < -0.3 is 5.11 Å². The van der Waals surface area contributed by atoms with Gasteiger partial charge in [-0.2, -0.15) is 0 Å². The molecule has 0 spiro atoms. The number of rotatable bonds is 4. The molecule has 0 amide bonds. The fourth-order valence-corrected chi connectivity index (χ4v) is 1.69. The molecule has 2 aromatic carbocycles. The van der Waals surface area contributed by atoms with Gasteiger partial charge in [0, 0.05) is 5.56 Å². The molecule has 0 aliphatic rings. The predicted molar refractivity (Wildman–Crippen MR) is 72.8 cm³/mol. The van der Waals surface area contributed by atoms with Gasteiger partial charge in [-0.15, -0.1) is 0 Å². The number of carboxylic acids is 1. The minimum atomic E-state index is -1.22. The van der Waals surface area contributed by atoms with Crippen LogP contribution >= 0.6 is 0 Å². The average molecular weight is 252 g/mol. The molecule has 94 valence electrons.